The van der Waals surface area contributed by atoms with Crippen LogP contribution in [0.25, 0.3) is 0 Å². The predicted molar refractivity (Wildman–Crippen MR) is 105 cm³/mol. The van der Waals surface area contributed by atoms with E-state index in [-0.39, 0.29) is 17.5 Å². The summed E-state index contributed by atoms with van der Waals surface area (Å²) in [6.45, 7) is 12.6. The zero-order valence-electron chi connectivity index (χ0n) is 17.3. The molecule has 0 saturated carbocycles. The number of halogens is 2. The summed E-state index contributed by atoms with van der Waals surface area (Å²) in [4.78, 5) is 12.3. The number of benzene rings is 1. The maximum absolute atomic E-state index is 13.7. The summed E-state index contributed by atoms with van der Waals surface area (Å²) in [5, 5.41) is 7.01. The molecule has 0 unspecified atom stereocenters. The van der Waals surface area contributed by atoms with Crippen LogP contribution in [0.3, 0.4) is 0 Å². The standard InChI is InChI=1S/C21H29F2N3O2/c1-12(2)18-10-19(13(3)4)26(25-18)11-20(14(5)6)28-21(27)24-17-8-7-15(22)9-16(17)23/h7-10,12-14,20H,11H2,1-6H3,(H,24,27)/t20-/m0/s1. The zero-order chi connectivity index (χ0) is 21.0. The molecule has 1 heterocycles. The summed E-state index contributed by atoms with van der Waals surface area (Å²) in [6.07, 6.45) is -1.24. The number of amides is 1. The van der Waals surface area contributed by atoms with Crippen molar-refractivity contribution in [2.24, 2.45) is 5.92 Å². The van der Waals surface area contributed by atoms with Gasteiger partial charge in [0, 0.05) is 11.8 Å². The van der Waals surface area contributed by atoms with Crippen molar-refractivity contribution in [3.63, 3.8) is 0 Å². The van der Waals surface area contributed by atoms with Crippen LogP contribution >= 0.6 is 0 Å². The quantitative estimate of drug-likeness (QED) is 0.658. The van der Waals surface area contributed by atoms with E-state index in [1.165, 1.54) is 0 Å². The van der Waals surface area contributed by atoms with Gasteiger partial charge in [0.25, 0.3) is 0 Å². The number of hydrogen-bond acceptors (Lipinski definition) is 3. The van der Waals surface area contributed by atoms with Crippen LogP contribution in [0.5, 0.6) is 0 Å². The van der Waals surface area contributed by atoms with Crippen molar-refractivity contribution in [1.29, 1.82) is 0 Å². The second-order valence-corrected chi connectivity index (χ2v) is 7.92. The van der Waals surface area contributed by atoms with E-state index in [1.807, 2.05) is 18.5 Å². The molecule has 0 spiro atoms. The highest BCUT2D eigenvalue weighted by atomic mass is 19.1. The van der Waals surface area contributed by atoms with E-state index < -0.39 is 23.8 Å². The Balaban J connectivity index is 2.14. The summed E-state index contributed by atoms with van der Waals surface area (Å²) in [5.41, 5.74) is 1.94. The van der Waals surface area contributed by atoms with E-state index in [0.717, 1.165) is 23.5 Å². The molecule has 7 heteroatoms. The Hall–Kier alpha value is -2.44. The van der Waals surface area contributed by atoms with Gasteiger partial charge in [0.2, 0.25) is 0 Å². The molecule has 2 aromatic rings. The lowest BCUT2D eigenvalue weighted by molar-refractivity contribution is 0.0672. The molecular formula is C21H29F2N3O2. The van der Waals surface area contributed by atoms with Crippen molar-refractivity contribution < 1.29 is 18.3 Å². The van der Waals surface area contributed by atoms with Crippen LogP contribution in [-0.4, -0.2) is 22.0 Å². The van der Waals surface area contributed by atoms with E-state index >= 15 is 0 Å². The molecule has 0 saturated heterocycles. The Labute approximate surface area is 165 Å². The predicted octanol–water partition coefficient (Wildman–Crippen LogP) is 5.68. The molecule has 1 N–H and O–H groups in total. The van der Waals surface area contributed by atoms with Crippen molar-refractivity contribution in [2.75, 3.05) is 5.32 Å². The Morgan fingerprint density at radius 3 is 2.32 bits per heavy atom. The summed E-state index contributed by atoms with van der Waals surface area (Å²) in [6, 6.07) is 5.03. The number of rotatable bonds is 7. The Bertz CT molecular complexity index is 816. The SMILES string of the molecule is CC(C)c1cc(C(C)C)n(C[C@H](OC(=O)Nc2ccc(F)cc2F)C(C)C)n1. The highest BCUT2D eigenvalue weighted by molar-refractivity contribution is 5.84. The highest BCUT2D eigenvalue weighted by Crippen LogP contribution is 2.23. The average molecular weight is 393 g/mol. The second-order valence-electron chi connectivity index (χ2n) is 7.92. The van der Waals surface area contributed by atoms with Crippen molar-refractivity contribution in [2.45, 2.75) is 66.0 Å². The topological polar surface area (TPSA) is 56.1 Å². The number of aromatic nitrogens is 2. The molecule has 0 radical (unpaired) electrons. The van der Waals surface area contributed by atoms with Crippen LogP contribution in [0.1, 0.15) is 64.8 Å². The molecule has 28 heavy (non-hydrogen) atoms. The normalized spacial score (nSPS) is 12.7. The monoisotopic (exact) mass is 393 g/mol. The van der Waals surface area contributed by atoms with Gasteiger partial charge in [-0.1, -0.05) is 41.5 Å². The van der Waals surface area contributed by atoms with Crippen molar-refractivity contribution >= 4 is 11.8 Å². The minimum atomic E-state index is -0.853. The number of anilines is 1. The third-order valence-electron chi connectivity index (χ3n) is 4.54. The number of carbonyl (C=O) groups excluding carboxylic acids is 1. The van der Waals surface area contributed by atoms with Gasteiger partial charge in [0.1, 0.15) is 17.7 Å². The number of nitrogens with zero attached hydrogens (tertiary/aromatic N) is 2. The first-order valence-corrected chi connectivity index (χ1v) is 9.58. The van der Waals surface area contributed by atoms with Gasteiger partial charge >= 0.3 is 6.09 Å². The van der Waals surface area contributed by atoms with Gasteiger partial charge in [0.15, 0.2) is 0 Å². The summed E-state index contributed by atoms with van der Waals surface area (Å²) >= 11 is 0. The van der Waals surface area contributed by atoms with Crippen molar-refractivity contribution in [1.82, 2.24) is 9.78 Å². The minimum Gasteiger partial charge on any atom is -0.444 e. The average Bonchev–Trinajstić information content (AvgIpc) is 3.01. The number of ether oxygens (including phenoxy) is 1. The minimum absolute atomic E-state index is 0.0236. The van der Waals surface area contributed by atoms with Gasteiger partial charge in [-0.25, -0.2) is 13.6 Å². The molecule has 0 fully saturated rings. The van der Waals surface area contributed by atoms with Gasteiger partial charge < -0.3 is 4.74 Å². The fraction of sp³-hybridized carbons (Fsp3) is 0.524. The molecular weight excluding hydrogens is 364 g/mol. The molecule has 5 nitrogen and oxygen atoms in total. The van der Waals surface area contributed by atoms with E-state index in [4.69, 9.17) is 4.74 Å². The first-order chi connectivity index (χ1) is 13.1. The van der Waals surface area contributed by atoms with Gasteiger partial charge in [0.05, 0.1) is 17.9 Å². The summed E-state index contributed by atoms with van der Waals surface area (Å²) < 4.78 is 34.2. The smallest absolute Gasteiger partial charge is 0.412 e. The van der Waals surface area contributed by atoms with E-state index in [1.54, 1.807) is 0 Å². The van der Waals surface area contributed by atoms with Crippen molar-refractivity contribution in [3.05, 3.63) is 47.3 Å². The van der Waals surface area contributed by atoms with E-state index in [0.29, 0.717) is 18.5 Å². The third-order valence-corrected chi connectivity index (χ3v) is 4.54. The molecule has 0 bridgehead atoms. The van der Waals surface area contributed by atoms with Crippen LogP contribution in [-0.2, 0) is 11.3 Å². The van der Waals surface area contributed by atoms with E-state index in [2.05, 4.69) is 44.2 Å². The Morgan fingerprint density at radius 2 is 1.79 bits per heavy atom. The first-order valence-electron chi connectivity index (χ1n) is 9.58. The summed E-state index contributed by atoms with van der Waals surface area (Å²) in [5.74, 6) is -0.974. The molecule has 154 valence electrons. The molecule has 1 aromatic heterocycles. The largest absolute Gasteiger partial charge is 0.444 e. The molecule has 2 rings (SSSR count). The highest BCUT2D eigenvalue weighted by Gasteiger charge is 2.23. The van der Waals surface area contributed by atoms with Gasteiger partial charge in [-0.2, -0.15) is 5.10 Å². The molecule has 1 atom stereocenters. The van der Waals surface area contributed by atoms with Crippen LogP contribution in [0, 0.1) is 17.6 Å². The van der Waals surface area contributed by atoms with Gasteiger partial charge in [-0.3, -0.25) is 10.00 Å². The van der Waals surface area contributed by atoms with Crippen LogP contribution in [0.15, 0.2) is 24.3 Å². The lowest BCUT2D eigenvalue weighted by Gasteiger charge is -2.23. The van der Waals surface area contributed by atoms with Gasteiger partial charge in [-0.05, 0) is 36.0 Å². The lowest BCUT2D eigenvalue weighted by atomic mass is 10.1. The zero-order valence-corrected chi connectivity index (χ0v) is 17.3. The maximum atomic E-state index is 13.7. The lowest BCUT2D eigenvalue weighted by Crippen LogP contribution is -2.32. The Kier molecular flexibility index (Phi) is 7.16. The van der Waals surface area contributed by atoms with Gasteiger partial charge in [-0.15, -0.1) is 0 Å². The third kappa shape index (κ3) is 5.53. The first kappa shape index (κ1) is 21.9. The van der Waals surface area contributed by atoms with Crippen LogP contribution in [0.4, 0.5) is 19.3 Å². The number of nitrogens with one attached hydrogen (secondary N) is 1. The molecule has 1 aromatic carbocycles. The number of carbonyl (C=O) groups is 1. The van der Waals surface area contributed by atoms with Crippen LogP contribution < -0.4 is 5.32 Å². The fourth-order valence-electron chi connectivity index (χ4n) is 2.77. The van der Waals surface area contributed by atoms with Crippen molar-refractivity contribution in [3.8, 4) is 0 Å². The summed E-state index contributed by atoms with van der Waals surface area (Å²) in [7, 11) is 0. The van der Waals surface area contributed by atoms with Crippen LogP contribution in [0.2, 0.25) is 0 Å². The number of hydrogen-bond donors (Lipinski definition) is 1. The maximum Gasteiger partial charge on any atom is 0.412 e. The Morgan fingerprint density at radius 1 is 1.11 bits per heavy atom. The second kappa shape index (κ2) is 9.17. The van der Waals surface area contributed by atoms with E-state index in [9.17, 15) is 13.6 Å². The molecule has 0 aliphatic rings. The fourth-order valence-corrected chi connectivity index (χ4v) is 2.77. The molecule has 1 amide bonds. The molecule has 0 aliphatic heterocycles. The molecule has 0 aliphatic carbocycles.